The Bertz CT molecular complexity index is 4830. The molecule has 0 bridgehead atoms. The van der Waals surface area contributed by atoms with Crippen LogP contribution in [0.4, 0.5) is 9.59 Å². The topological polar surface area (TPSA) is 261 Å². The Morgan fingerprint density at radius 3 is 1.33 bits per heavy atom. The van der Waals surface area contributed by atoms with E-state index < -0.39 is 35.3 Å². The Morgan fingerprint density at radius 2 is 0.971 bits per heavy atom. The molecule has 2 amide bonds. The number of esters is 1. The van der Waals surface area contributed by atoms with Crippen LogP contribution in [0.25, 0.3) is 86.4 Å². The third kappa shape index (κ3) is 14.7. The number of benzene rings is 4. The van der Waals surface area contributed by atoms with Crippen LogP contribution in [0.2, 0.25) is 10.0 Å². The molecule has 536 valence electrons. The molecule has 0 spiro atoms. The van der Waals surface area contributed by atoms with E-state index in [1.807, 2.05) is 123 Å². The monoisotopic (exact) mass is 1460 g/mol. The molecule has 0 radical (unpaired) electrons. The number of ether oxygens (including phenoxy) is 5. The summed E-state index contributed by atoms with van der Waals surface area (Å²) < 4.78 is 33.2. The van der Waals surface area contributed by atoms with E-state index in [2.05, 4.69) is 9.80 Å². The first kappa shape index (κ1) is 72.0. The van der Waals surface area contributed by atoms with Gasteiger partial charge in [-0.1, -0.05) is 47.5 Å². The van der Waals surface area contributed by atoms with Crippen LogP contribution in [-0.4, -0.2) is 195 Å². The molecule has 14 rings (SSSR count). The number of methoxy groups -OCH3 is 2. The molecular weight excluding hydrogens is 1380 g/mol. The number of aromatic nitrogens is 10. The molecule has 4 aliphatic heterocycles. The molecule has 4 saturated heterocycles. The van der Waals surface area contributed by atoms with Gasteiger partial charge >= 0.3 is 24.1 Å². The van der Waals surface area contributed by atoms with Crippen LogP contribution in [0.1, 0.15) is 132 Å². The molecule has 28 heteroatoms. The Balaban J connectivity index is 0.000000182. The number of nitrogens with zero attached hydrogens (tertiary/aromatic N) is 14. The van der Waals surface area contributed by atoms with Gasteiger partial charge in [-0.15, -0.1) is 22.7 Å². The van der Waals surface area contributed by atoms with Gasteiger partial charge in [0.2, 0.25) is 0 Å². The fourth-order valence-electron chi connectivity index (χ4n) is 14.4. The summed E-state index contributed by atoms with van der Waals surface area (Å²) in [5.41, 5.74) is 12.6. The molecule has 2 atom stereocenters. The first-order chi connectivity index (χ1) is 48.6. The van der Waals surface area contributed by atoms with Crippen LogP contribution in [0, 0.1) is 13.8 Å². The number of fused-ring (bicyclic) bond motifs is 4. The number of piperidine rings is 2. The number of hydrogen-bond acceptors (Lipinski definition) is 21. The Morgan fingerprint density at radius 1 is 0.588 bits per heavy atom. The Hall–Kier alpha value is -8.34. The third-order valence-electron chi connectivity index (χ3n) is 19.3. The largest absolute Gasteiger partial charge is 0.479 e. The smallest absolute Gasteiger partial charge is 0.409 e. The van der Waals surface area contributed by atoms with Gasteiger partial charge in [-0.2, -0.15) is 10.2 Å². The minimum absolute atomic E-state index is 0.226. The average Bonchev–Trinajstić information content (AvgIpc) is 1.53. The predicted octanol–water partition coefficient (Wildman–Crippen LogP) is 14.2. The molecule has 10 heterocycles. The van der Waals surface area contributed by atoms with E-state index in [9.17, 15) is 24.3 Å². The minimum atomic E-state index is -1.20. The maximum atomic E-state index is 13.6. The van der Waals surface area contributed by atoms with E-state index in [1.54, 1.807) is 45.9 Å². The molecule has 102 heavy (non-hydrogen) atoms. The third-order valence-corrected chi connectivity index (χ3v) is 22.1. The van der Waals surface area contributed by atoms with Crippen LogP contribution in [0.15, 0.2) is 73.1 Å². The lowest BCUT2D eigenvalue weighted by atomic mass is 9.91. The number of carbonyl (C=O) groups is 4. The van der Waals surface area contributed by atoms with E-state index >= 15 is 0 Å². The van der Waals surface area contributed by atoms with Gasteiger partial charge < -0.3 is 38.6 Å². The van der Waals surface area contributed by atoms with Gasteiger partial charge in [-0.25, -0.2) is 58.4 Å². The second-order valence-electron chi connectivity index (χ2n) is 28.6. The summed E-state index contributed by atoms with van der Waals surface area (Å²) >= 11 is 15.6. The van der Waals surface area contributed by atoms with Crippen molar-refractivity contribution in [1.29, 1.82) is 0 Å². The zero-order valence-corrected chi connectivity index (χ0v) is 62.7. The summed E-state index contributed by atoms with van der Waals surface area (Å²) in [7, 11) is 6.64. The number of aryl methyl sites for hydroxylation is 4. The van der Waals surface area contributed by atoms with E-state index in [0.717, 1.165) is 139 Å². The molecule has 1 N–H and O–H groups in total. The van der Waals surface area contributed by atoms with Crippen molar-refractivity contribution < 1.29 is 48.0 Å². The standard InChI is InChI=1S/C38H44ClN7O5S.C36H40ClN7O5S/c1-8-50-36(47)32(51-38(3,4)5)28-21(2)17-26-33(29(28)22-9-11-24(39)12-10-22)52-35(42-26)27-18-40-34-31(41-27)30(43-44(34)6)23-13-15-45(16-14-23)25-19-46(20-25)37(48)49-7;1-19-15-24-31(27(20-7-9-22(37)10-8-20)26(19)30(34(45)46)49-36(2,3)4)50-33(40-24)25-16-38-32-29(39-25)28(41-42(32)5)21-11-13-43(14-12-21)23-17-44(18-23)35(47)48-6/h9-12,17-18,23,25,32H,8,13-16,19-20H2,1-7H3;7-10,15-16,21,23,30H,11-14,17-18H2,1-6H3,(H,45,46)/t32-;30-/m00/s1. The fourth-order valence-corrected chi connectivity index (χ4v) is 16.8. The van der Waals surface area contributed by atoms with Gasteiger partial charge in [0, 0.05) is 96.5 Å². The first-order valence-corrected chi connectivity index (χ1v) is 36.7. The molecule has 6 aromatic heterocycles. The molecule has 24 nitrogen and oxygen atoms in total. The summed E-state index contributed by atoms with van der Waals surface area (Å²) in [5.74, 6) is -1.04. The van der Waals surface area contributed by atoms with Gasteiger partial charge in [0.25, 0.3) is 0 Å². The molecule has 4 aliphatic rings. The lowest BCUT2D eigenvalue weighted by Crippen LogP contribution is -2.62. The van der Waals surface area contributed by atoms with Gasteiger partial charge in [0.05, 0.1) is 76.2 Å². The van der Waals surface area contributed by atoms with Gasteiger partial charge in [-0.05, 0) is 173 Å². The van der Waals surface area contributed by atoms with Crippen LogP contribution >= 0.6 is 45.9 Å². The van der Waals surface area contributed by atoms with Crippen LogP contribution < -0.4 is 0 Å². The van der Waals surface area contributed by atoms with Gasteiger partial charge in [0.1, 0.15) is 32.4 Å². The van der Waals surface area contributed by atoms with E-state index in [0.29, 0.717) is 80.9 Å². The van der Waals surface area contributed by atoms with Crippen LogP contribution in [0.3, 0.4) is 0 Å². The maximum absolute atomic E-state index is 13.6. The lowest BCUT2D eigenvalue weighted by Gasteiger charge is -2.46. The normalized spacial score (nSPS) is 16.9. The summed E-state index contributed by atoms with van der Waals surface area (Å²) in [6.45, 7) is 23.7. The highest BCUT2D eigenvalue weighted by molar-refractivity contribution is 7.22. The number of carbonyl (C=O) groups excluding carboxylic acids is 3. The highest BCUT2D eigenvalue weighted by Gasteiger charge is 2.41. The summed E-state index contributed by atoms with van der Waals surface area (Å²) in [5, 5.41) is 22.8. The molecule has 4 fully saturated rings. The van der Waals surface area contributed by atoms with Crippen molar-refractivity contribution in [3.8, 4) is 43.7 Å². The number of rotatable bonds is 15. The first-order valence-electron chi connectivity index (χ1n) is 34.3. The number of carboxylic acid groups (broad SMARTS) is 1. The summed E-state index contributed by atoms with van der Waals surface area (Å²) in [4.78, 5) is 88.3. The molecule has 0 unspecified atom stereocenters. The van der Waals surface area contributed by atoms with Crippen molar-refractivity contribution in [2.24, 2.45) is 14.1 Å². The Kier molecular flexibility index (Phi) is 20.5. The van der Waals surface area contributed by atoms with Crippen molar-refractivity contribution in [3.63, 3.8) is 0 Å². The van der Waals surface area contributed by atoms with Crippen molar-refractivity contribution >= 4 is 113 Å². The van der Waals surface area contributed by atoms with Crippen LogP contribution in [0.5, 0.6) is 0 Å². The van der Waals surface area contributed by atoms with Gasteiger partial charge in [-0.3, -0.25) is 9.80 Å². The summed E-state index contributed by atoms with van der Waals surface area (Å²) in [6, 6.07) is 19.6. The number of hydrogen-bond donors (Lipinski definition) is 1. The SMILES string of the molecule is CCOC(=O)[C@@H](OC(C)(C)C)c1c(C)cc2nc(-c3cnc4c(n3)c(C3CCN(C5CN(C(=O)OC)C5)CC3)nn4C)sc2c1-c1ccc(Cl)cc1.COC(=O)N1CC(N2CCC(c3nn(C)c4ncc(-c5nc6cc(C)c([C@H](OC(C)(C)C)C(=O)O)c(-c7ccc(Cl)cc7)c6s5)nc34)CC2)C1. The zero-order valence-electron chi connectivity index (χ0n) is 59.5. The number of carboxylic acids is 1. The van der Waals surface area contributed by atoms with E-state index in [-0.39, 0.29) is 30.6 Å². The van der Waals surface area contributed by atoms with E-state index in [1.165, 1.54) is 36.9 Å². The number of amides is 2. The van der Waals surface area contributed by atoms with Crippen LogP contribution in [-0.2, 0) is 47.4 Å². The molecule has 0 aliphatic carbocycles. The van der Waals surface area contributed by atoms with Gasteiger partial charge in [0.15, 0.2) is 23.5 Å². The number of thiazole rings is 2. The molecule has 10 aromatic rings. The van der Waals surface area contributed by atoms with Crippen molar-refractivity contribution in [3.05, 3.63) is 117 Å². The zero-order chi connectivity index (χ0) is 72.4. The fraction of sp³-hybridized carbons (Fsp3) is 0.459. The minimum Gasteiger partial charge on any atom is -0.479 e. The highest BCUT2D eigenvalue weighted by atomic mass is 35.5. The maximum Gasteiger partial charge on any atom is 0.409 e. The molecular formula is C74H84Cl2N14O10S2. The number of aliphatic carboxylic acids is 1. The van der Waals surface area contributed by atoms with Crippen molar-refractivity contribution in [1.82, 2.24) is 69.1 Å². The predicted molar refractivity (Wildman–Crippen MR) is 394 cm³/mol. The second kappa shape index (κ2) is 29.1. The second-order valence-corrected chi connectivity index (χ2v) is 31.4. The number of likely N-dealkylation sites (tertiary alicyclic amines) is 4. The lowest BCUT2D eigenvalue weighted by molar-refractivity contribution is -0.166. The van der Waals surface area contributed by atoms with Crippen molar-refractivity contribution in [2.45, 2.75) is 135 Å². The number of halogens is 2. The molecule has 0 saturated carbocycles. The average molecular weight is 1460 g/mol. The van der Waals surface area contributed by atoms with Crippen molar-refractivity contribution in [2.75, 3.05) is 73.2 Å². The van der Waals surface area contributed by atoms with E-state index in [4.69, 9.17) is 87.0 Å². The summed E-state index contributed by atoms with van der Waals surface area (Å²) in [6.07, 6.45) is 4.55. The highest BCUT2D eigenvalue weighted by Crippen LogP contribution is 2.48. The Labute approximate surface area is 609 Å². The molecule has 4 aromatic carbocycles. The quantitative estimate of drug-likeness (QED) is 0.0738.